The zero-order valence-corrected chi connectivity index (χ0v) is 62.3. The number of fused-ring (bicyclic) bond motifs is 1. The molecule has 3 N–H and O–H groups in total. The van der Waals surface area contributed by atoms with Gasteiger partial charge >= 0.3 is 72.9 Å². The van der Waals surface area contributed by atoms with Gasteiger partial charge in [0.2, 0.25) is 41.4 Å². The molecule has 3 heterocycles. The fourth-order valence-electron chi connectivity index (χ4n) is 4.18. The molecule has 7 radical (unpaired) electrons. The molecule has 3 rings (SSSR count). The molecule has 2 aliphatic heterocycles. The average molecular weight is 1390 g/mol. The Bertz CT molecular complexity index is 2240. The molecule has 1 fully saturated rings. The maximum atomic E-state index is 11.0. The van der Waals surface area contributed by atoms with Gasteiger partial charge in [0.05, 0.1) is 34.7 Å². The van der Waals surface area contributed by atoms with Gasteiger partial charge in [0.1, 0.15) is 35.5 Å². The first-order valence-corrected chi connectivity index (χ1v) is 32.8. The summed E-state index contributed by atoms with van der Waals surface area (Å²) in [4.78, 5) is 133. The maximum Gasteiger partial charge on any atom is 0.263 e. The molecule has 1 saturated heterocycles. The summed E-state index contributed by atoms with van der Waals surface area (Å²) >= 11 is -4.14. The summed E-state index contributed by atoms with van der Waals surface area (Å²) < 4.78 is 69.8. The van der Waals surface area contributed by atoms with Gasteiger partial charge in [-0.1, -0.05) is 35.1 Å². The van der Waals surface area contributed by atoms with Crippen LogP contribution in [0.15, 0.2) is 5.86 Å². The smallest absolute Gasteiger partial charge is 0.263 e. The average Bonchev–Trinajstić information content (AvgIpc) is 1.85. The van der Waals surface area contributed by atoms with Gasteiger partial charge in [0.15, 0.2) is 37.8 Å². The second-order valence-corrected chi connectivity index (χ2v) is 23.0. The largest absolute Gasteiger partial charge is 0.377 e. The van der Waals surface area contributed by atoms with Crippen LogP contribution in [-0.4, -0.2) is 279 Å². The Balaban J connectivity index is -0.0000000680. The topological polar surface area (TPSA) is 385 Å². The van der Waals surface area contributed by atoms with Crippen molar-refractivity contribution in [3.05, 3.63) is 16.8 Å². The number of nitrogens with zero attached hydrogens (tertiary/aromatic N) is 6. The number of rotatable bonds is 14. The van der Waals surface area contributed by atoms with Gasteiger partial charge in [-0.05, 0) is 41.0 Å². The first-order valence-electron chi connectivity index (χ1n) is 26.9. The molecule has 0 spiro atoms. The number of nitrogens with two attached hydrogens (primary N) is 1. The second-order valence-electron chi connectivity index (χ2n) is 17.5. The number of methoxy groups -OCH3 is 1. The van der Waals surface area contributed by atoms with Crippen molar-refractivity contribution in [2.75, 3.05) is 114 Å². The summed E-state index contributed by atoms with van der Waals surface area (Å²) in [6, 6.07) is 0. The third-order valence-corrected chi connectivity index (χ3v) is 11.7. The van der Waals surface area contributed by atoms with E-state index in [9.17, 15) is 78.6 Å². The van der Waals surface area contributed by atoms with Crippen LogP contribution >= 0.6 is 0 Å². The number of Topliss-reactive ketones (excluding diaryl/α,β-unsaturated/α-hetero) is 4. The number of carbonyl (C=O) groups excluding carboxylic acids is 12. The van der Waals surface area contributed by atoms with Crippen LogP contribution < -0.4 is 10.5 Å². The molecule has 8 amide bonds. The predicted octanol–water partition coefficient (Wildman–Crippen LogP) is 0.237. The SMILES string of the molecule is C.CC.CC.CC(=O)CS(C)(=O)=O.CC(=O)N(C)CN(C)C(C)=O.CC(=O)N(C)CN(C)C(C)=O.CC(=O)N1CCC1.CC(=O)N1Cc2bbcbc2C1.CC(C)=O.CC(N)=O.COCC(C)=O.COS(=O)CC(C)=O.COS(=O)NC(C)=O.COS(C)=O.[B].[B][B]. The fourth-order valence-corrected chi connectivity index (χ4v) is 5.68. The van der Waals surface area contributed by atoms with Crippen molar-refractivity contribution < 1.29 is 95.9 Å². The van der Waals surface area contributed by atoms with E-state index in [1.165, 1.54) is 148 Å². The Morgan fingerprint density at radius 3 is 1.07 bits per heavy atom. The van der Waals surface area contributed by atoms with Crippen molar-refractivity contribution in [3.8, 4) is 0 Å². The summed E-state index contributed by atoms with van der Waals surface area (Å²) in [5.74, 6) is 0.969. The molecule has 0 aromatic carbocycles. The van der Waals surface area contributed by atoms with E-state index < -0.39 is 43.3 Å². The Hall–Kier alpha value is -5.32. The molecule has 92 heavy (non-hydrogen) atoms. The van der Waals surface area contributed by atoms with E-state index in [4.69, 9.17) is 0 Å². The van der Waals surface area contributed by atoms with Gasteiger partial charge in [0.25, 0.3) is 11.3 Å². The Morgan fingerprint density at radius 2 is 0.935 bits per heavy atom. The molecule has 1 aromatic heterocycles. The summed E-state index contributed by atoms with van der Waals surface area (Å²) in [5, 5.41) is 0. The standard InChI is InChI=1S/C7H8B3NO.2C7H14N2O2.C5H9NO.2C4H8O3S.C4H8O2.C3H7NO3S.C3H6O.C2H5NO.C2H6O2S.2C2H6.CH4.B2.B/c1-5(12)11-2-6-7(3-11)10-9-4-8-6;2*1-6(10)8(3)5-9(4)7(2)11;1-5(7)6-3-2-4-6;1-4(5)3-8(2,6)7;1-4(5)3-8(6)7-2;1-4(5)3-6-2;1-3(5)4-8(6)7-2;1-3(2)4;1-2(3)4;1-4-5(2)3;2*1-2;;1-2;/h4H,2-3H2,1H3;2*5H2,1-4H3;2-4H2,1H3;2*3H2,1-2H3;3H2,1-2H3;1-2H3,(H,4,5);1-2H3;1H3,(H2,3,4);1-2H3;2*1-2H3;1H4;;. The maximum absolute atomic E-state index is 11.0. The number of ether oxygens (including phenoxy) is 1. The van der Waals surface area contributed by atoms with Crippen LogP contribution in [0.5, 0.6) is 0 Å². The molecule has 29 nitrogen and oxygen atoms in total. The number of sulfone groups is 1. The van der Waals surface area contributed by atoms with E-state index in [1.54, 1.807) is 42.0 Å². The van der Waals surface area contributed by atoms with Crippen LogP contribution in [0.1, 0.15) is 142 Å². The molecule has 1 aromatic rings. The van der Waals surface area contributed by atoms with Gasteiger partial charge in [-0.2, -0.15) is 0 Å². The predicted molar refractivity (Wildman–Crippen MR) is 372 cm³/mol. The van der Waals surface area contributed by atoms with Gasteiger partial charge in [-0.25, -0.2) is 21.0 Å². The minimum Gasteiger partial charge on any atom is -0.377 e. The third kappa shape index (κ3) is 109. The minimum absolute atomic E-state index is 0. The number of hydrogen-bond donors (Lipinski definition) is 2. The number of carbonyl (C=O) groups is 12. The van der Waals surface area contributed by atoms with E-state index in [2.05, 4.69) is 52.2 Å². The molecular formula is C53H109B6N8O21S4. The summed E-state index contributed by atoms with van der Waals surface area (Å²) in [7, 11) is 17.0. The first-order chi connectivity index (χ1) is 41.2. The molecule has 0 saturated carbocycles. The van der Waals surface area contributed by atoms with Crippen molar-refractivity contribution >= 4 is 158 Å². The molecule has 0 bridgehead atoms. The summed E-state index contributed by atoms with van der Waals surface area (Å²) in [5.41, 5.74) is 7.04. The van der Waals surface area contributed by atoms with E-state index in [0.29, 0.717) is 13.3 Å². The van der Waals surface area contributed by atoms with E-state index >= 15 is 0 Å². The van der Waals surface area contributed by atoms with E-state index in [-0.39, 0.29) is 104 Å². The van der Waals surface area contributed by atoms with Gasteiger partial charge in [0, 0.05) is 133 Å². The molecule has 3 unspecified atom stereocenters. The first kappa shape index (κ1) is 117. The van der Waals surface area contributed by atoms with Gasteiger partial charge in [-0.3, -0.25) is 65.2 Å². The van der Waals surface area contributed by atoms with Crippen LogP contribution in [0.2, 0.25) is 0 Å². The fraction of sp³-hybridized carbons (Fsp3) is 0.717. The molecule has 2 aliphatic rings. The van der Waals surface area contributed by atoms with Crippen LogP contribution in [0, 0.1) is 0 Å². The zero-order chi connectivity index (χ0) is 74.2. The molecule has 0 aliphatic carbocycles. The van der Waals surface area contributed by atoms with Crippen LogP contribution in [-0.2, 0) is 131 Å². The monoisotopic (exact) mass is 1390 g/mol. The van der Waals surface area contributed by atoms with Crippen LogP contribution in [0.4, 0.5) is 0 Å². The Morgan fingerprint density at radius 1 is 0.609 bits per heavy atom. The molecule has 39 heteroatoms. The number of likely N-dealkylation sites (tertiary alicyclic amines) is 1. The normalized spacial score (nSPS) is 10.7. The number of hydrogen-bond acceptors (Lipinski definition) is 21. The van der Waals surface area contributed by atoms with E-state index in [0.717, 1.165) is 32.4 Å². The quantitative estimate of drug-likeness (QED) is 0.186. The van der Waals surface area contributed by atoms with Crippen LogP contribution in [0.25, 0.3) is 0 Å². The van der Waals surface area contributed by atoms with Gasteiger partial charge in [-0.15, -0.1) is 0 Å². The van der Waals surface area contributed by atoms with Gasteiger partial charge < -0.3 is 39.8 Å². The number of ketones is 4. The summed E-state index contributed by atoms with van der Waals surface area (Å²) in [6.07, 6.45) is 3.70. The second kappa shape index (κ2) is 78.1. The molecular weight excluding hydrogens is 1280 g/mol. The third-order valence-electron chi connectivity index (χ3n) is 8.52. The van der Waals surface area contributed by atoms with E-state index in [1.807, 2.05) is 54.9 Å². The number of amides is 8. The Kier molecular flexibility index (Phi) is 99.5. The van der Waals surface area contributed by atoms with Crippen molar-refractivity contribution in [3.63, 3.8) is 0 Å². The van der Waals surface area contributed by atoms with Crippen molar-refractivity contribution in [2.45, 2.75) is 145 Å². The summed E-state index contributed by atoms with van der Waals surface area (Å²) in [6.45, 7) is 37.5. The molecule has 3 atom stereocenters. The van der Waals surface area contributed by atoms with Crippen molar-refractivity contribution in [1.82, 2.24) is 34.1 Å². The Labute approximate surface area is 565 Å². The number of primary amides is 1. The zero-order valence-electron chi connectivity index (χ0n) is 59.1. The minimum atomic E-state index is -3.07. The number of nitrogens with one attached hydrogen (secondary N) is 1. The van der Waals surface area contributed by atoms with Crippen molar-refractivity contribution in [1.29, 1.82) is 0 Å². The van der Waals surface area contributed by atoms with Crippen LogP contribution in [0.3, 0.4) is 0 Å². The van der Waals surface area contributed by atoms with Crippen molar-refractivity contribution in [2.24, 2.45) is 5.73 Å². The molecule has 529 valence electrons.